The van der Waals surface area contributed by atoms with Gasteiger partial charge in [0.1, 0.15) is 5.82 Å². The lowest BCUT2D eigenvalue weighted by atomic mass is 10.2. The molecule has 0 aliphatic carbocycles. The number of rotatable bonds is 11. The highest BCUT2D eigenvalue weighted by Crippen LogP contribution is 2.19. The molecule has 1 aliphatic rings. The van der Waals surface area contributed by atoms with Crippen molar-refractivity contribution in [3.8, 4) is 0 Å². The van der Waals surface area contributed by atoms with Crippen molar-refractivity contribution in [2.45, 2.75) is 19.5 Å². The van der Waals surface area contributed by atoms with E-state index in [1.165, 1.54) is 5.56 Å². The van der Waals surface area contributed by atoms with E-state index in [4.69, 9.17) is 19.6 Å². The van der Waals surface area contributed by atoms with Gasteiger partial charge in [0.15, 0.2) is 11.5 Å². The molecule has 3 heterocycles. The number of carboxylic acid groups (broad SMARTS) is 2. The fourth-order valence-electron chi connectivity index (χ4n) is 4.64. The summed E-state index contributed by atoms with van der Waals surface area (Å²) in [5, 5.41) is 15.6. The lowest BCUT2D eigenvalue weighted by Crippen LogP contribution is -2.46. The molecule has 1 saturated heterocycles. The first-order valence-corrected chi connectivity index (χ1v) is 13.7. The van der Waals surface area contributed by atoms with Crippen LogP contribution >= 0.6 is 0 Å². The van der Waals surface area contributed by atoms with Crippen molar-refractivity contribution in [3.05, 3.63) is 108 Å². The first-order chi connectivity index (χ1) is 20.4. The Balaban J connectivity index is 0.000000446. The van der Waals surface area contributed by atoms with Gasteiger partial charge in [0.2, 0.25) is 0 Å². The minimum Gasteiger partial charge on any atom is -0.478 e. The number of carbonyl (C=O) groups is 3. The number of hydrogen-bond acceptors (Lipinski definition) is 7. The third-order valence-corrected chi connectivity index (χ3v) is 6.76. The Hall–Kier alpha value is -4.80. The van der Waals surface area contributed by atoms with E-state index in [2.05, 4.69) is 56.9 Å². The smallest absolute Gasteiger partial charge is 0.328 e. The molecule has 0 radical (unpaired) electrons. The lowest BCUT2D eigenvalue weighted by Gasteiger charge is -2.34. The molecule has 10 heteroatoms. The first kappa shape index (κ1) is 30.2. The minimum absolute atomic E-state index is 0.0194. The van der Waals surface area contributed by atoms with Gasteiger partial charge in [-0.1, -0.05) is 54.6 Å². The fraction of sp³-hybridized carbons (Fsp3) is 0.250. The van der Waals surface area contributed by atoms with Crippen molar-refractivity contribution < 1.29 is 29.0 Å². The van der Waals surface area contributed by atoms with Gasteiger partial charge in [-0.15, -0.1) is 0 Å². The second-order valence-electron chi connectivity index (χ2n) is 9.72. The predicted molar refractivity (Wildman–Crippen MR) is 159 cm³/mol. The number of aliphatic carboxylic acids is 2. The van der Waals surface area contributed by atoms with Gasteiger partial charge < -0.3 is 19.2 Å². The Morgan fingerprint density at radius 3 is 2.17 bits per heavy atom. The molecule has 0 spiro atoms. The minimum atomic E-state index is -1.26. The summed E-state index contributed by atoms with van der Waals surface area (Å²) in [6.45, 7) is 6.45. The molecular weight excluding hydrogens is 536 g/mol. The van der Waals surface area contributed by atoms with Gasteiger partial charge in [0.05, 0.1) is 23.8 Å². The molecule has 5 rings (SSSR count). The van der Waals surface area contributed by atoms with Crippen LogP contribution in [0.3, 0.4) is 0 Å². The van der Waals surface area contributed by atoms with Gasteiger partial charge in [-0.05, 0) is 29.8 Å². The average molecular weight is 571 g/mol. The molecule has 4 aromatic rings. The van der Waals surface area contributed by atoms with Crippen LogP contribution in [0, 0.1) is 0 Å². The van der Waals surface area contributed by atoms with Gasteiger partial charge in [-0.2, -0.15) is 0 Å². The number of furan rings is 1. The molecule has 2 N–H and O–H groups in total. The van der Waals surface area contributed by atoms with E-state index in [0.29, 0.717) is 30.9 Å². The zero-order valence-corrected chi connectivity index (χ0v) is 23.2. The van der Waals surface area contributed by atoms with E-state index in [9.17, 15) is 14.4 Å². The molecule has 0 amide bonds. The van der Waals surface area contributed by atoms with Crippen LogP contribution in [0.5, 0.6) is 0 Å². The summed E-state index contributed by atoms with van der Waals surface area (Å²) in [6.07, 6.45) is 7.49. The molecule has 0 atom stereocenters. The van der Waals surface area contributed by atoms with Crippen LogP contribution in [0.4, 0.5) is 0 Å². The topological polar surface area (TPSA) is 129 Å². The van der Waals surface area contributed by atoms with Crippen LogP contribution in [-0.4, -0.2) is 80.0 Å². The van der Waals surface area contributed by atoms with Crippen molar-refractivity contribution in [2.75, 3.05) is 32.7 Å². The highest BCUT2D eigenvalue weighted by Gasteiger charge is 2.20. The number of imidazole rings is 1. The predicted octanol–water partition coefficient (Wildman–Crippen LogP) is 4.45. The lowest BCUT2D eigenvalue weighted by molar-refractivity contribution is -0.134. The zero-order chi connectivity index (χ0) is 29.7. The zero-order valence-electron chi connectivity index (χ0n) is 23.2. The van der Waals surface area contributed by atoms with Crippen LogP contribution < -0.4 is 0 Å². The third-order valence-electron chi connectivity index (χ3n) is 6.76. The summed E-state index contributed by atoms with van der Waals surface area (Å²) in [5.41, 5.74) is 3.30. The van der Waals surface area contributed by atoms with E-state index in [1.54, 1.807) is 18.4 Å². The molecule has 0 bridgehead atoms. The molecule has 1 aliphatic heterocycles. The van der Waals surface area contributed by atoms with E-state index >= 15 is 0 Å². The van der Waals surface area contributed by atoms with Gasteiger partial charge in [-0.25, -0.2) is 14.6 Å². The summed E-state index contributed by atoms with van der Waals surface area (Å²) in [5.74, 6) is -1.06. The van der Waals surface area contributed by atoms with Gasteiger partial charge in [-0.3, -0.25) is 14.6 Å². The SMILES string of the molecule is O=C(CCn1c(CN2CCN(CC=Cc3ccccc3)CC2)nc2ccccc21)c1ccco1.O=C(O)/C=C\C(=O)O. The maximum absolute atomic E-state index is 12.5. The highest BCUT2D eigenvalue weighted by molar-refractivity contribution is 5.93. The number of aryl methyl sites for hydroxylation is 1. The van der Waals surface area contributed by atoms with Gasteiger partial charge >= 0.3 is 11.9 Å². The number of piperazine rings is 1. The normalized spacial score (nSPS) is 14.3. The summed E-state index contributed by atoms with van der Waals surface area (Å²) in [7, 11) is 0. The molecule has 42 heavy (non-hydrogen) atoms. The van der Waals surface area contributed by atoms with Crippen molar-refractivity contribution in [1.29, 1.82) is 0 Å². The number of nitrogens with zero attached hydrogens (tertiary/aromatic N) is 4. The summed E-state index contributed by atoms with van der Waals surface area (Å²) >= 11 is 0. The molecule has 2 aromatic carbocycles. The quantitative estimate of drug-likeness (QED) is 0.199. The molecule has 218 valence electrons. The van der Waals surface area contributed by atoms with Gasteiger partial charge in [0, 0.05) is 57.8 Å². The number of carbonyl (C=O) groups excluding carboxylic acids is 1. The molecule has 2 aromatic heterocycles. The fourth-order valence-corrected chi connectivity index (χ4v) is 4.64. The number of ketones is 1. The maximum atomic E-state index is 12.5. The molecule has 0 unspecified atom stereocenters. The number of para-hydroxylation sites is 2. The standard InChI is InChI=1S/C28H30N4O2.C4H4O4/c33-26(27-13-7-21-34-27)14-16-32-25-12-5-4-11-24(25)29-28(32)22-31-19-17-30(18-20-31)15-6-10-23-8-2-1-3-9-23;5-3(6)1-2-4(7)8/h1-13,21H,14-20,22H2;1-2H,(H,5,6)(H,7,8)/b;2-1-. The Labute approximate surface area is 243 Å². The van der Waals surface area contributed by atoms with E-state index in [1.807, 2.05) is 24.3 Å². The number of carboxylic acids is 2. The number of aromatic nitrogens is 2. The number of Topliss-reactive ketones (excluding diaryl/α,β-unsaturated/α-hetero) is 1. The number of fused-ring (bicyclic) bond motifs is 1. The van der Waals surface area contributed by atoms with Crippen LogP contribution in [0.2, 0.25) is 0 Å². The largest absolute Gasteiger partial charge is 0.478 e. The van der Waals surface area contributed by atoms with E-state index in [-0.39, 0.29) is 5.78 Å². The van der Waals surface area contributed by atoms with Crippen LogP contribution in [0.15, 0.2) is 95.6 Å². The Morgan fingerprint density at radius 1 is 0.833 bits per heavy atom. The maximum Gasteiger partial charge on any atom is 0.328 e. The molecule has 0 saturated carbocycles. The molecule has 1 fully saturated rings. The van der Waals surface area contributed by atoms with Crippen LogP contribution in [0.1, 0.15) is 28.4 Å². The van der Waals surface area contributed by atoms with Crippen LogP contribution in [0.25, 0.3) is 17.1 Å². The third kappa shape index (κ3) is 9.12. The van der Waals surface area contributed by atoms with Crippen molar-refractivity contribution >= 4 is 34.8 Å². The second-order valence-corrected chi connectivity index (χ2v) is 9.72. The van der Waals surface area contributed by atoms with Gasteiger partial charge in [0.25, 0.3) is 0 Å². The Morgan fingerprint density at radius 2 is 1.50 bits per heavy atom. The summed E-state index contributed by atoms with van der Waals surface area (Å²) in [4.78, 5) is 41.5. The van der Waals surface area contributed by atoms with Crippen molar-refractivity contribution in [3.63, 3.8) is 0 Å². The average Bonchev–Trinajstić information content (AvgIpc) is 3.65. The van der Waals surface area contributed by atoms with Crippen molar-refractivity contribution in [1.82, 2.24) is 19.4 Å². The first-order valence-electron chi connectivity index (χ1n) is 13.7. The highest BCUT2D eigenvalue weighted by atomic mass is 16.4. The Kier molecular flexibility index (Phi) is 11.0. The molecular formula is C32H34N4O6. The number of benzene rings is 2. The van der Waals surface area contributed by atoms with E-state index in [0.717, 1.165) is 56.1 Å². The van der Waals surface area contributed by atoms with E-state index < -0.39 is 11.9 Å². The Bertz CT molecular complexity index is 1500. The monoisotopic (exact) mass is 570 g/mol. The van der Waals surface area contributed by atoms with Crippen molar-refractivity contribution in [2.24, 2.45) is 0 Å². The summed E-state index contributed by atoms with van der Waals surface area (Å²) < 4.78 is 7.47. The summed E-state index contributed by atoms with van der Waals surface area (Å²) in [6, 6.07) is 22.1. The molecule has 10 nitrogen and oxygen atoms in total. The second kappa shape index (κ2) is 15.3. The van der Waals surface area contributed by atoms with Crippen LogP contribution in [-0.2, 0) is 22.7 Å². The number of hydrogen-bond donors (Lipinski definition) is 2.